The highest BCUT2D eigenvalue weighted by atomic mass is 32.2. The lowest BCUT2D eigenvalue weighted by Crippen LogP contribution is -2.15. The van der Waals surface area contributed by atoms with E-state index in [1.807, 2.05) is 66.1 Å². The summed E-state index contributed by atoms with van der Waals surface area (Å²) in [6.07, 6.45) is 0. The Morgan fingerprint density at radius 1 is 1.00 bits per heavy atom. The van der Waals surface area contributed by atoms with Crippen molar-refractivity contribution in [2.24, 2.45) is 0 Å². The van der Waals surface area contributed by atoms with Crippen molar-refractivity contribution in [1.29, 1.82) is 0 Å². The van der Waals surface area contributed by atoms with Crippen LogP contribution in [-0.2, 0) is 11.3 Å². The molecule has 178 valence electrons. The first-order valence-corrected chi connectivity index (χ1v) is 11.9. The Balaban J connectivity index is 1.48. The number of hydrogen-bond acceptors (Lipinski definition) is 7. The molecule has 0 saturated carbocycles. The zero-order valence-corrected chi connectivity index (χ0v) is 20.1. The number of benzene rings is 3. The molecule has 0 spiro atoms. The van der Waals surface area contributed by atoms with E-state index < -0.39 is 4.92 Å². The fourth-order valence-electron chi connectivity index (χ4n) is 3.41. The number of aryl methyl sites for hydroxylation is 2. The fraction of sp³-hybridized carbons (Fsp3) is 0.160. The molecule has 3 aromatic carbocycles. The van der Waals surface area contributed by atoms with E-state index in [2.05, 4.69) is 20.8 Å². The number of anilines is 2. The molecule has 1 aromatic heterocycles. The summed E-state index contributed by atoms with van der Waals surface area (Å²) in [5, 5.41) is 26.5. The van der Waals surface area contributed by atoms with Gasteiger partial charge in [0.05, 0.1) is 17.2 Å². The maximum absolute atomic E-state index is 12.6. The summed E-state index contributed by atoms with van der Waals surface area (Å²) >= 11 is 1.24. The molecule has 2 N–H and O–H groups in total. The Labute approximate surface area is 206 Å². The quantitative estimate of drug-likeness (QED) is 0.190. The Morgan fingerprint density at radius 3 is 2.43 bits per heavy atom. The van der Waals surface area contributed by atoms with E-state index in [9.17, 15) is 14.9 Å². The van der Waals surface area contributed by atoms with Crippen LogP contribution in [-0.4, -0.2) is 31.3 Å². The number of carbonyl (C=O) groups is 1. The Bertz CT molecular complexity index is 1340. The van der Waals surface area contributed by atoms with Crippen LogP contribution in [0.4, 0.5) is 17.1 Å². The molecule has 35 heavy (non-hydrogen) atoms. The highest BCUT2D eigenvalue weighted by molar-refractivity contribution is 7.99. The van der Waals surface area contributed by atoms with Gasteiger partial charge in [0.15, 0.2) is 11.0 Å². The highest BCUT2D eigenvalue weighted by Gasteiger charge is 2.17. The lowest BCUT2D eigenvalue weighted by atomic mass is 10.2. The van der Waals surface area contributed by atoms with Crippen molar-refractivity contribution >= 4 is 34.7 Å². The SMILES string of the molecule is Cc1ccc(NCc2nnc(SCC(=O)Nc3ccc(C)c([N+](=O)[O-])c3)n2-c2ccccc2)cc1. The predicted molar refractivity (Wildman–Crippen MR) is 137 cm³/mol. The topological polar surface area (TPSA) is 115 Å². The molecule has 9 nitrogen and oxygen atoms in total. The van der Waals surface area contributed by atoms with Crippen molar-refractivity contribution < 1.29 is 9.72 Å². The van der Waals surface area contributed by atoms with Gasteiger partial charge in [-0.15, -0.1) is 10.2 Å². The molecule has 0 fully saturated rings. The minimum atomic E-state index is -0.464. The fourth-order valence-corrected chi connectivity index (χ4v) is 4.18. The summed E-state index contributed by atoms with van der Waals surface area (Å²) in [4.78, 5) is 23.3. The second-order valence-electron chi connectivity index (χ2n) is 7.88. The normalized spacial score (nSPS) is 10.7. The third-order valence-electron chi connectivity index (χ3n) is 5.24. The van der Waals surface area contributed by atoms with Gasteiger partial charge in [0.1, 0.15) is 0 Å². The molecule has 4 aromatic rings. The van der Waals surface area contributed by atoms with Gasteiger partial charge >= 0.3 is 0 Å². The lowest BCUT2D eigenvalue weighted by molar-refractivity contribution is -0.385. The van der Waals surface area contributed by atoms with Crippen molar-refractivity contribution in [2.45, 2.75) is 25.5 Å². The van der Waals surface area contributed by atoms with Crippen LogP contribution < -0.4 is 10.6 Å². The maximum Gasteiger partial charge on any atom is 0.274 e. The molecule has 0 unspecified atom stereocenters. The van der Waals surface area contributed by atoms with Crippen LogP contribution in [0.25, 0.3) is 5.69 Å². The summed E-state index contributed by atoms with van der Waals surface area (Å²) in [6, 6.07) is 22.4. The van der Waals surface area contributed by atoms with Crippen LogP contribution >= 0.6 is 11.8 Å². The molecule has 1 heterocycles. The summed E-state index contributed by atoms with van der Waals surface area (Å²) in [6.45, 7) is 4.14. The van der Waals surface area contributed by atoms with Gasteiger partial charge in [0.25, 0.3) is 5.69 Å². The minimum absolute atomic E-state index is 0.0370. The van der Waals surface area contributed by atoms with Crippen molar-refractivity contribution in [1.82, 2.24) is 14.8 Å². The van der Waals surface area contributed by atoms with E-state index in [0.717, 1.165) is 11.4 Å². The molecule has 4 rings (SSSR count). The predicted octanol–water partition coefficient (Wildman–Crippen LogP) is 5.14. The van der Waals surface area contributed by atoms with Crippen LogP contribution in [0.1, 0.15) is 17.0 Å². The molecule has 10 heteroatoms. The van der Waals surface area contributed by atoms with Gasteiger partial charge in [-0.2, -0.15) is 0 Å². The van der Waals surface area contributed by atoms with Crippen LogP contribution in [0.2, 0.25) is 0 Å². The van der Waals surface area contributed by atoms with Crippen LogP contribution in [0.5, 0.6) is 0 Å². The van der Waals surface area contributed by atoms with Crippen LogP contribution in [0.15, 0.2) is 78.0 Å². The molecular weight excluding hydrogens is 464 g/mol. The van der Waals surface area contributed by atoms with Crippen molar-refractivity contribution in [3.63, 3.8) is 0 Å². The number of para-hydroxylation sites is 1. The first kappa shape index (κ1) is 24.0. The maximum atomic E-state index is 12.6. The molecule has 0 saturated heterocycles. The Morgan fingerprint density at radius 2 is 1.71 bits per heavy atom. The zero-order chi connectivity index (χ0) is 24.8. The highest BCUT2D eigenvalue weighted by Crippen LogP contribution is 2.25. The van der Waals surface area contributed by atoms with Crippen molar-refractivity contribution in [2.75, 3.05) is 16.4 Å². The van der Waals surface area contributed by atoms with E-state index in [4.69, 9.17) is 0 Å². The minimum Gasteiger partial charge on any atom is -0.378 e. The van der Waals surface area contributed by atoms with Gasteiger partial charge in [-0.1, -0.05) is 53.7 Å². The van der Waals surface area contributed by atoms with E-state index in [0.29, 0.717) is 28.8 Å². The average molecular weight is 489 g/mol. The van der Waals surface area contributed by atoms with Gasteiger partial charge in [-0.25, -0.2) is 0 Å². The number of aromatic nitrogens is 3. The molecule has 0 aliphatic rings. The number of rotatable bonds is 9. The second-order valence-corrected chi connectivity index (χ2v) is 8.83. The third kappa shape index (κ3) is 6.04. The van der Waals surface area contributed by atoms with E-state index >= 15 is 0 Å². The first-order valence-electron chi connectivity index (χ1n) is 10.9. The largest absolute Gasteiger partial charge is 0.378 e. The molecule has 0 atom stereocenters. The molecule has 0 aliphatic carbocycles. The van der Waals surface area contributed by atoms with Gasteiger partial charge in [0.2, 0.25) is 5.91 Å². The van der Waals surface area contributed by atoms with Gasteiger partial charge < -0.3 is 10.6 Å². The lowest BCUT2D eigenvalue weighted by Gasteiger charge is -2.12. The van der Waals surface area contributed by atoms with Crippen LogP contribution in [0, 0.1) is 24.0 Å². The Hall–Kier alpha value is -4.18. The summed E-state index contributed by atoms with van der Waals surface area (Å²) in [5.41, 5.74) is 3.91. The third-order valence-corrected chi connectivity index (χ3v) is 6.17. The Kier molecular flexibility index (Phi) is 7.41. The van der Waals surface area contributed by atoms with E-state index in [1.165, 1.54) is 23.4 Å². The summed E-state index contributed by atoms with van der Waals surface area (Å²) in [5.74, 6) is 0.474. The molecular formula is C25H24N6O3S. The summed E-state index contributed by atoms with van der Waals surface area (Å²) in [7, 11) is 0. The van der Waals surface area contributed by atoms with Crippen molar-refractivity contribution in [3.05, 3.63) is 99.9 Å². The number of nitrogens with zero attached hydrogens (tertiary/aromatic N) is 4. The van der Waals surface area contributed by atoms with E-state index in [-0.39, 0.29) is 17.3 Å². The molecule has 1 amide bonds. The second kappa shape index (κ2) is 10.8. The summed E-state index contributed by atoms with van der Waals surface area (Å²) < 4.78 is 1.91. The smallest absolute Gasteiger partial charge is 0.274 e. The van der Waals surface area contributed by atoms with Gasteiger partial charge in [-0.3, -0.25) is 19.5 Å². The standard InChI is InChI=1S/C25H24N6O3S/c1-17-8-11-19(12-9-17)26-15-23-28-29-25(30(23)21-6-4-3-5-7-21)35-16-24(32)27-20-13-10-18(2)22(14-20)31(33)34/h3-14,26H,15-16H2,1-2H3,(H,27,32). The number of nitro benzene ring substituents is 1. The molecule has 0 radical (unpaired) electrons. The number of carbonyl (C=O) groups excluding carboxylic acids is 1. The van der Waals surface area contributed by atoms with Crippen molar-refractivity contribution in [3.8, 4) is 5.69 Å². The van der Waals surface area contributed by atoms with Crippen LogP contribution in [0.3, 0.4) is 0 Å². The number of nitro groups is 1. The number of thioether (sulfide) groups is 1. The zero-order valence-electron chi connectivity index (χ0n) is 19.3. The van der Waals surface area contributed by atoms with E-state index in [1.54, 1.807) is 19.1 Å². The number of amides is 1. The van der Waals surface area contributed by atoms with Gasteiger partial charge in [0, 0.05) is 28.7 Å². The first-order chi connectivity index (χ1) is 16.9. The number of nitrogens with one attached hydrogen (secondary N) is 2. The van der Waals surface area contributed by atoms with Gasteiger partial charge in [-0.05, 0) is 44.2 Å². The molecule has 0 bridgehead atoms. The number of hydrogen-bond donors (Lipinski definition) is 2. The molecule has 0 aliphatic heterocycles. The monoisotopic (exact) mass is 488 g/mol. The average Bonchev–Trinajstić information content (AvgIpc) is 3.27.